The highest BCUT2D eigenvalue weighted by Crippen LogP contribution is 2.33. The summed E-state index contributed by atoms with van der Waals surface area (Å²) in [5.41, 5.74) is 2.12. The van der Waals surface area contributed by atoms with Crippen molar-refractivity contribution in [2.75, 3.05) is 26.2 Å². The molecule has 2 fully saturated rings. The van der Waals surface area contributed by atoms with Crippen LogP contribution in [0.25, 0.3) is 0 Å². The first-order valence-corrected chi connectivity index (χ1v) is 12.3. The van der Waals surface area contributed by atoms with Crippen LogP contribution in [0.15, 0.2) is 53.4 Å². The maximum Gasteiger partial charge on any atom is 0.253 e. The molecule has 1 heterocycles. The maximum absolute atomic E-state index is 13.1. The Kier molecular flexibility index (Phi) is 6.40. The molecule has 1 aliphatic heterocycles. The molecular formula is C24H27N3O3S. The lowest BCUT2D eigenvalue weighted by molar-refractivity contribution is 0.0698. The maximum atomic E-state index is 13.1. The van der Waals surface area contributed by atoms with E-state index in [2.05, 4.69) is 0 Å². The van der Waals surface area contributed by atoms with Gasteiger partial charge in [-0.2, -0.15) is 9.57 Å². The summed E-state index contributed by atoms with van der Waals surface area (Å²) in [6.07, 6.45) is 6.14. The van der Waals surface area contributed by atoms with Gasteiger partial charge in [0.2, 0.25) is 10.0 Å². The van der Waals surface area contributed by atoms with Crippen LogP contribution in [0, 0.1) is 11.3 Å². The third-order valence-electron chi connectivity index (χ3n) is 6.36. The van der Waals surface area contributed by atoms with Crippen molar-refractivity contribution in [1.82, 2.24) is 9.21 Å². The highest BCUT2D eigenvalue weighted by Gasteiger charge is 2.30. The van der Waals surface area contributed by atoms with Crippen LogP contribution in [-0.4, -0.2) is 49.7 Å². The molecule has 1 aliphatic carbocycles. The van der Waals surface area contributed by atoms with E-state index in [0.717, 1.165) is 0 Å². The molecule has 0 N–H and O–H groups in total. The van der Waals surface area contributed by atoms with Gasteiger partial charge in [-0.1, -0.05) is 37.5 Å². The lowest BCUT2D eigenvalue weighted by Crippen LogP contribution is -2.50. The quantitative estimate of drug-likeness (QED) is 0.729. The predicted molar refractivity (Wildman–Crippen MR) is 118 cm³/mol. The van der Waals surface area contributed by atoms with Crippen LogP contribution in [0.3, 0.4) is 0 Å². The van der Waals surface area contributed by atoms with Gasteiger partial charge in [0.15, 0.2) is 0 Å². The number of benzene rings is 2. The van der Waals surface area contributed by atoms with Crippen molar-refractivity contribution in [3.63, 3.8) is 0 Å². The minimum atomic E-state index is -3.58. The van der Waals surface area contributed by atoms with E-state index in [4.69, 9.17) is 5.26 Å². The zero-order chi connectivity index (χ0) is 21.8. The SMILES string of the molecule is N#Cc1cccc(C(=O)N2CCN(S(=O)(=O)c3ccc(C4CCCCC4)cc3)CC2)c1. The van der Waals surface area contributed by atoms with Crippen LogP contribution in [0.1, 0.15) is 59.5 Å². The second-order valence-corrected chi connectivity index (χ2v) is 10.2. The summed E-state index contributed by atoms with van der Waals surface area (Å²) in [5.74, 6) is 0.366. The van der Waals surface area contributed by atoms with Crippen LogP contribution in [0.2, 0.25) is 0 Å². The number of nitrogens with zero attached hydrogens (tertiary/aromatic N) is 3. The Morgan fingerprint density at radius 2 is 1.61 bits per heavy atom. The van der Waals surface area contributed by atoms with Crippen LogP contribution in [-0.2, 0) is 10.0 Å². The van der Waals surface area contributed by atoms with E-state index in [1.165, 1.54) is 42.0 Å². The molecule has 0 radical (unpaired) electrons. The van der Waals surface area contributed by atoms with Gasteiger partial charge in [-0.05, 0) is 54.7 Å². The first-order valence-electron chi connectivity index (χ1n) is 10.9. The van der Waals surface area contributed by atoms with Gasteiger partial charge in [-0.15, -0.1) is 0 Å². The average Bonchev–Trinajstić information content (AvgIpc) is 2.84. The molecule has 1 saturated carbocycles. The summed E-state index contributed by atoms with van der Waals surface area (Å²) in [7, 11) is -3.58. The van der Waals surface area contributed by atoms with Crippen LogP contribution < -0.4 is 0 Å². The fourth-order valence-electron chi connectivity index (χ4n) is 4.53. The third kappa shape index (κ3) is 4.65. The summed E-state index contributed by atoms with van der Waals surface area (Å²) in [6.45, 7) is 1.18. The van der Waals surface area contributed by atoms with Crippen molar-refractivity contribution < 1.29 is 13.2 Å². The molecule has 0 atom stereocenters. The van der Waals surface area contributed by atoms with Gasteiger partial charge < -0.3 is 4.90 Å². The Morgan fingerprint density at radius 3 is 2.26 bits per heavy atom. The Morgan fingerprint density at radius 1 is 0.935 bits per heavy atom. The number of hydrogen-bond donors (Lipinski definition) is 0. The monoisotopic (exact) mass is 437 g/mol. The molecule has 0 aromatic heterocycles. The smallest absolute Gasteiger partial charge is 0.253 e. The zero-order valence-corrected chi connectivity index (χ0v) is 18.4. The van der Waals surface area contributed by atoms with Crippen LogP contribution >= 0.6 is 0 Å². The Balaban J connectivity index is 1.40. The van der Waals surface area contributed by atoms with Gasteiger partial charge in [0.05, 0.1) is 16.5 Å². The average molecular weight is 438 g/mol. The van der Waals surface area contributed by atoms with Crippen LogP contribution in [0.5, 0.6) is 0 Å². The number of carbonyl (C=O) groups excluding carboxylic acids is 1. The molecule has 6 nitrogen and oxygen atoms in total. The van der Waals surface area contributed by atoms with E-state index in [9.17, 15) is 13.2 Å². The van der Waals surface area contributed by atoms with Gasteiger partial charge in [0, 0.05) is 31.7 Å². The van der Waals surface area contributed by atoms with Crippen molar-refractivity contribution in [3.05, 3.63) is 65.2 Å². The molecule has 0 spiro atoms. The Bertz CT molecular complexity index is 1080. The Labute approximate surface area is 184 Å². The summed E-state index contributed by atoms with van der Waals surface area (Å²) in [6, 6.07) is 16.0. The molecule has 0 bridgehead atoms. The topological polar surface area (TPSA) is 81.5 Å². The summed E-state index contributed by atoms with van der Waals surface area (Å²) < 4.78 is 27.6. The normalized spacial score (nSPS) is 18.5. The zero-order valence-electron chi connectivity index (χ0n) is 17.5. The van der Waals surface area contributed by atoms with Gasteiger partial charge in [0.25, 0.3) is 5.91 Å². The number of amides is 1. The molecule has 2 aromatic carbocycles. The second-order valence-electron chi connectivity index (χ2n) is 8.29. The van der Waals surface area contributed by atoms with Gasteiger partial charge >= 0.3 is 0 Å². The molecule has 162 valence electrons. The molecule has 2 aliphatic rings. The second kappa shape index (κ2) is 9.21. The van der Waals surface area contributed by atoms with Gasteiger partial charge in [-0.3, -0.25) is 4.79 Å². The van der Waals surface area contributed by atoms with Gasteiger partial charge in [-0.25, -0.2) is 8.42 Å². The number of nitriles is 1. The summed E-state index contributed by atoms with van der Waals surface area (Å²) >= 11 is 0. The third-order valence-corrected chi connectivity index (χ3v) is 8.27. The predicted octanol–water partition coefficient (Wildman–Crippen LogP) is 3.75. The molecular weight excluding hydrogens is 410 g/mol. The molecule has 31 heavy (non-hydrogen) atoms. The number of rotatable bonds is 4. The standard InChI is InChI=1S/C24H27N3O3S/c25-18-19-5-4-8-22(17-19)24(28)26-13-15-27(16-14-26)31(29,30)23-11-9-21(10-12-23)20-6-2-1-3-7-20/h4-5,8-12,17,20H,1-3,6-7,13-16H2. The van der Waals surface area contributed by atoms with E-state index in [1.807, 2.05) is 18.2 Å². The number of piperazine rings is 1. The van der Waals surface area contributed by atoms with Crippen LogP contribution in [0.4, 0.5) is 0 Å². The molecule has 2 aromatic rings. The highest BCUT2D eigenvalue weighted by molar-refractivity contribution is 7.89. The molecule has 1 saturated heterocycles. The Hall–Kier alpha value is -2.69. The minimum absolute atomic E-state index is 0.175. The first kappa shape index (κ1) is 21.5. The largest absolute Gasteiger partial charge is 0.336 e. The van der Waals surface area contributed by atoms with E-state index in [0.29, 0.717) is 35.0 Å². The molecule has 7 heteroatoms. The van der Waals surface area contributed by atoms with E-state index in [1.54, 1.807) is 41.3 Å². The van der Waals surface area contributed by atoms with Crippen molar-refractivity contribution >= 4 is 15.9 Å². The van der Waals surface area contributed by atoms with Crippen molar-refractivity contribution in [2.45, 2.75) is 42.9 Å². The lowest BCUT2D eigenvalue weighted by atomic mass is 9.84. The number of carbonyl (C=O) groups is 1. The van der Waals surface area contributed by atoms with Crippen molar-refractivity contribution in [3.8, 4) is 6.07 Å². The fourth-order valence-corrected chi connectivity index (χ4v) is 5.96. The minimum Gasteiger partial charge on any atom is -0.336 e. The van der Waals surface area contributed by atoms with E-state index in [-0.39, 0.29) is 19.0 Å². The summed E-state index contributed by atoms with van der Waals surface area (Å²) in [5, 5.41) is 9.03. The highest BCUT2D eigenvalue weighted by atomic mass is 32.2. The fraction of sp³-hybridized carbons (Fsp3) is 0.417. The van der Waals surface area contributed by atoms with Gasteiger partial charge in [0.1, 0.15) is 0 Å². The number of sulfonamides is 1. The lowest BCUT2D eigenvalue weighted by Gasteiger charge is -2.34. The summed E-state index contributed by atoms with van der Waals surface area (Å²) in [4.78, 5) is 14.7. The number of hydrogen-bond acceptors (Lipinski definition) is 4. The first-order chi connectivity index (χ1) is 15.0. The van der Waals surface area contributed by atoms with E-state index >= 15 is 0 Å². The van der Waals surface area contributed by atoms with E-state index < -0.39 is 10.0 Å². The van der Waals surface area contributed by atoms with Crippen molar-refractivity contribution in [1.29, 1.82) is 5.26 Å². The molecule has 4 rings (SSSR count). The molecule has 0 unspecified atom stereocenters. The molecule has 1 amide bonds. The van der Waals surface area contributed by atoms with Crippen molar-refractivity contribution in [2.24, 2.45) is 0 Å².